The molecule has 1 N–H and O–H groups in total. The molecule has 0 bridgehead atoms. The Labute approximate surface area is 166 Å². The lowest BCUT2D eigenvalue weighted by molar-refractivity contribution is 0.0951. The van der Waals surface area contributed by atoms with Gasteiger partial charge in [-0.15, -0.1) is 0 Å². The molecule has 0 radical (unpaired) electrons. The zero-order chi connectivity index (χ0) is 19.0. The minimum atomic E-state index is -0.172. The summed E-state index contributed by atoms with van der Waals surface area (Å²) in [5.41, 5.74) is 3.34. The summed E-state index contributed by atoms with van der Waals surface area (Å²) in [5, 5.41) is 6.16. The fourth-order valence-corrected chi connectivity index (χ4v) is 3.70. The molecule has 0 aliphatic carbocycles. The van der Waals surface area contributed by atoms with Crippen LogP contribution in [-0.2, 0) is 6.54 Å². The van der Waals surface area contributed by atoms with Gasteiger partial charge in [0.05, 0.1) is 11.7 Å². The second kappa shape index (κ2) is 7.22. The Morgan fingerprint density at radius 2 is 1.89 bits per heavy atom. The lowest BCUT2D eigenvalue weighted by Crippen LogP contribution is -2.23. The molecule has 6 heteroatoms. The highest BCUT2D eigenvalue weighted by atomic mass is 35.5. The zero-order valence-electron chi connectivity index (χ0n) is 14.7. The van der Waals surface area contributed by atoms with E-state index >= 15 is 0 Å². The van der Waals surface area contributed by atoms with Crippen molar-refractivity contribution in [2.45, 2.75) is 13.5 Å². The molecule has 2 aromatic carbocycles. The number of para-hydroxylation sites is 1. The second-order valence-corrected chi connectivity index (χ2v) is 7.13. The number of halogens is 2. The van der Waals surface area contributed by atoms with E-state index in [1.165, 1.54) is 0 Å². The Balaban J connectivity index is 1.91. The van der Waals surface area contributed by atoms with Crippen LogP contribution in [0.4, 0.5) is 0 Å². The molecule has 4 nitrogen and oxygen atoms in total. The van der Waals surface area contributed by atoms with E-state index in [2.05, 4.69) is 27.0 Å². The molecule has 4 aromatic rings. The van der Waals surface area contributed by atoms with Crippen LogP contribution >= 0.6 is 23.2 Å². The fourth-order valence-electron chi connectivity index (χ4n) is 3.33. The van der Waals surface area contributed by atoms with Gasteiger partial charge in [-0.2, -0.15) is 0 Å². The molecule has 0 atom stereocenters. The van der Waals surface area contributed by atoms with Crippen molar-refractivity contribution in [2.75, 3.05) is 6.54 Å². The average Bonchev–Trinajstić information content (AvgIpc) is 2.98. The van der Waals surface area contributed by atoms with Gasteiger partial charge in [-0.1, -0.05) is 41.4 Å². The van der Waals surface area contributed by atoms with Crippen molar-refractivity contribution < 1.29 is 4.79 Å². The van der Waals surface area contributed by atoms with E-state index < -0.39 is 0 Å². The summed E-state index contributed by atoms with van der Waals surface area (Å²) in [5.74, 6) is -0.172. The summed E-state index contributed by atoms with van der Waals surface area (Å²) in [6.07, 6.45) is 1.75. The summed E-state index contributed by atoms with van der Waals surface area (Å²) in [4.78, 5) is 16.6. The highest BCUT2D eigenvalue weighted by Gasteiger charge is 2.15. The van der Waals surface area contributed by atoms with Crippen LogP contribution in [0.3, 0.4) is 0 Å². The number of carbonyl (C=O) groups is 1. The van der Waals surface area contributed by atoms with Gasteiger partial charge >= 0.3 is 0 Å². The van der Waals surface area contributed by atoms with E-state index in [9.17, 15) is 4.79 Å². The molecular formula is C21H17Cl2N3O. The third kappa shape index (κ3) is 3.27. The lowest BCUT2D eigenvalue weighted by atomic mass is 10.1. The van der Waals surface area contributed by atoms with Gasteiger partial charge < -0.3 is 9.88 Å². The number of nitrogens with one attached hydrogen (secondary N) is 1. The van der Waals surface area contributed by atoms with Crippen LogP contribution in [0, 0.1) is 0 Å². The van der Waals surface area contributed by atoms with E-state index in [0.29, 0.717) is 28.8 Å². The predicted octanol–water partition coefficient (Wildman–Crippen LogP) is 5.29. The summed E-state index contributed by atoms with van der Waals surface area (Å²) in [6, 6.07) is 15.4. The van der Waals surface area contributed by atoms with Crippen molar-refractivity contribution in [3.63, 3.8) is 0 Å². The first-order chi connectivity index (χ1) is 13.1. The van der Waals surface area contributed by atoms with E-state index in [-0.39, 0.29) is 5.91 Å². The van der Waals surface area contributed by atoms with Gasteiger partial charge in [0, 0.05) is 39.4 Å². The summed E-state index contributed by atoms with van der Waals surface area (Å²) < 4.78 is 2.15. The van der Waals surface area contributed by atoms with Gasteiger partial charge in [0.25, 0.3) is 5.91 Å². The molecule has 0 saturated heterocycles. The maximum absolute atomic E-state index is 12.2. The molecule has 0 unspecified atom stereocenters. The first-order valence-electron chi connectivity index (χ1n) is 8.67. The Morgan fingerprint density at radius 1 is 1.07 bits per heavy atom. The Kier molecular flexibility index (Phi) is 4.77. The van der Waals surface area contributed by atoms with Gasteiger partial charge in [0.15, 0.2) is 0 Å². The standard InChI is InChI=1S/C21H17Cl2N3O/c1-2-24-21(27)18-10-16-15-5-3-4-6-19(15)26(20(16)11-25-18)12-13-9-14(22)7-8-17(13)23/h3-11H,2,12H2,1H3,(H,24,27). The number of pyridine rings is 1. The van der Waals surface area contributed by atoms with Crippen LogP contribution < -0.4 is 5.32 Å². The topological polar surface area (TPSA) is 46.9 Å². The van der Waals surface area contributed by atoms with Crippen molar-refractivity contribution in [1.29, 1.82) is 0 Å². The van der Waals surface area contributed by atoms with Gasteiger partial charge in [-0.25, -0.2) is 4.98 Å². The number of carbonyl (C=O) groups excluding carboxylic acids is 1. The van der Waals surface area contributed by atoms with Crippen molar-refractivity contribution in [3.05, 3.63) is 76.0 Å². The largest absolute Gasteiger partial charge is 0.351 e. The van der Waals surface area contributed by atoms with E-state index in [4.69, 9.17) is 23.2 Å². The number of hydrogen-bond donors (Lipinski definition) is 1. The lowest BCUT2D eigenvalue weighted by Gasteiger charge is -2.10. The number of hydrogen-bond acceptors (Lipinski definition) is 2. The van der Waals surface area contributed by atoms with Gasteiger partial charge in [0.2, 0.25) is 0 Å². The smallest absolute Gasteiger partial charge is 0.269 e. The summed E-state index contributed by atoms with van der Waals surface area (Å²) in [7, 11) is 0. The van der Waals surface area contributed by atoms with Crippen LogP contribution in [0.5, 0.6) is 0 Å². The van der Waals surface area contributed by atoms with Gasteiger partial charge in [-0.05, 0) is 42.8 Å². The van der Waals surface area contributed by atoms with E-state index in [1.807, 2.05) is 31.2 Å². The highest BCUT2D eigenvalue weighted by Crippen LogP contribution is 2.31. The molecule has 0 aliphatic heterocycles. The minimum Gasteiger partial charge on any atom is -0.351 e. The predicted molar refractivity (Wildman–Crippen MR) is 111 cm³/mol. The van der Waals surface area contributed by atoms with Crippen molar-refractivity contribution in [3.8, 4) is 0 Å². The third-order valence-corrected chi connectivity index (χ3v) is 5.17. The monoisotopic (exact) mass is 397 g/mol. The molecule has 2 aromatic heterocycles. The summed E-state index contributed by atoms with van der Waals surface area (Å²) in [6.45, 7) is 3.01. The van der Waals surface area contributed by atoms with Crippen molar-refractivity contribution in [2.24, 2.45) is 0 Å². The van der Waals surface area contributed by atoms with Crippen LogP contribution in [0.15, 0.2) is 54.7 Å². The zero-order valence-corrected chi connectivity index (χ0v) is 16.2. The normalized spacial score (nSPS) is 11.2. The maximum Gasteiger partial charge on any atom is 0.269 e. The van der Waals surface area contributed by atoms with Gasteiger partial charge in [-0.3, -0.25) is 4.79 Å². The first kappa shape index (κ1) is 17.8. The number of aromatic nitrogens is 2. The Hall–Kier alpha value is -2.56. The minimum absolute atomic E-state index is 0.172. The van der Waals surface area contributed by atoms with E-state index in [1.54, 1.807) is 18.3 Å². The molecule has 27 heavy (non-hydrogen) atoms. The molecule has 1 amide bonds. The summed E-state index contributed by atoms with van der Waals surface area (Å²) >= 11 is 12.5. The molecule has 0 aliphatic rings. The SMILES string of the molecule is CCNC(=O)c1cc2c3ccccc3n(Cc3cc(Cl)ccc3Cl)c2cn1. The number of nitrogens with zero attached hydrogens (tertiary/aromatic N) is 2. The number of fused-ring (bicyclic) bond motifs is 3. The molecular weight excluding hydrogens is 381 g/mol. The molecule has 2 heterocycles. The third-order valence-electron chi connectivity index (χ3n) is 4.56. The molecule has 0 spiro atoms. The molecule has 0 fully saturated rings. The number of rotatable bonds is 4. The first-order valence-corrected chi connectivity index (χ1v) is 9.43. The molecule has 136 valence electrons. The molecule has 4 rings (SSSR count). The van der Waals surface area contributed by atoms with Crippen LogP contribution in [0.1, 0.15) is 23.0 Å². The van der Waals surface area contributed by atoms with Crippen LogP contribution in [0.2, 0.25) is 10.0 Å². The Bertz CT molecular complexity index is 1170. The highest BCUT2D eigenvalue weighted by molar-refractivity contribution is 6.33. The van der Waals surface area contributed by atoms with E-state index in [0.717, 1.165) is 27.4 Å². The second-order valence-electron chi connectivity index (χ2n) is 6.29. The average molecular weight is 398 g/mol. The maximum atomic E-state index is 12.2. The Morgan fingerprint density at radius 3 is 2.70 bits per heavy atom. The van der Waals surface area contributed by atoms with Crippen molar-refractivity contribution in [1.82, 2.24) is 14.9 Å². The quantitative estimate of drug-likeness (QED) is 0.508. The van der Waals surface area contributed by atoms with Crippen LogP contribution in [-0.4, -0.2) is 22.0 Å². The molecule has 0 saturated carbocycles. The number of amides is 1. The van der Waals surface area contributed by atoms with Crippen molar-refractivity contribution >= 4 is 50.9 Å². The van der Waals surface area contributed by atoms with Gasteiger partial charge in [0.1, 0.15) is 5.69 Å². The van der Waals surface area contributed by atoms with Crippen LogP contribution in [0.25, 0.3) is 21.8 Å². The number of benzene rings is 2. The fraction of sp³-hybridized carbons (Fsp3) is 0.143.